The molecule has 1 aliphatic heterocycles. The van der Waals surface area contributed by atoms with Crippen molar-refractivity contribution in [2.45, 2.75) is 13.3 Å². The van der Waals surface area contributed by atoms with Crippen molar-refractivity contribution in [1.82, 2.24) is 9.80 Å². The van der Waals surface area contributed by atoms with Crippen LogP contribution in [0.25, 0.3) is 0 Å². The first kappa shape index (κ1) is 13.4. The number of rotatable bonds is 2. The van der Waals surface area contributed by atoms with Crippen LogP contribution in [-0.2, 0) is 0 Å². The van der Waals surface area contributed by atoms with Gasteiger partial charge < -0.3 is 4.90 Å². The second-order valence-corrected chi connectivity index (χ2v) is 4.85. The van der Waals surface area contributed by atoms with E-state index in [0.29, 0.717) is 36.4 Å². The molecule has 16 heavy (non-hydrogen) atoms. The molecule has 0 spiro atoms. The summed E-state index contributed by atoms with van der Waals surface area (Å²) >= 11 is 1.10. The molecule has 4 nitrogen and oxygen atoms in total. The Balaban J connectivity index is 2.31. The summed E-state index contributed by atoms with van der Waals surface area (Å²) in [5.41, 5.74) is 0. The molecule has 0 aliphatic carbocycles. The summed E-state index contributed by atoms with van der Waals surface area (Å²) in [6.07, 6.45) is -2.29. The van der Waals surface area contributed by atoms with Crippen LogP contribution in [0, 0.1) is 10.8 Å². The van der Waals surface area contributed by atoms with Crippen LogP contribution in [0.15, 0.2) is 0 Å². The molecule has 0 aromatic heterocycles. The van der Waals surface area contributed by atoms with Gasteiger partial charge in [-0.2, -0.15) is 0 Å². The van der Waals surface area contributed by atoms with Crippen molar-refractivity contribution in [3.05, 3.63) is 0 Å². The van der Waals surface area contributed by atoms with Gasteiger partial charge in [0.25, 0.3) is 6.43 Å². The standard InChI is InChI=1S/C9H16F2N4S/c1-7(12)16-9(13)15-4-2-14(3-5-15)6-8(10)11/h8,12-13H,2-6H2,1H3. The highest BCUT2D eigenvalue weighted by Crippen LogP contribution is 2.12. The number of nitrogens with one attached hydrogen (secondary N) is 2. The van der Waals surface area contributed by atoms with Crippen molar-refractivity contribution >= 4 is 22.0 Å². The topological polar surface area (TPSA) is 54.2 Å². The van der Waals surface area contributed by atoms with Gasteiger partial charge in [-0.25, -0.2) is 8.78 Å². The van der Waals surface area contributed by atoms with Gasteiger partial charge in [-0.1, -0.05) is 0 Å². The number of halogens is 2. The zero-order valence-electron chi connectivity index (χ0n) is 9.17. The van der Waals surface area contributed by atoms with Crippen LogP contribution < -0.4 is 0 Å². The van der Waals surface area contributed by atoms with E-state index in [2.05, 4.69) is 0 Å². The Morgan fingerprint density at radius 3 is 2.25 bits per heavy atom. The molecule has 0 saturated carbocycles. The first-order chi connectivity index (χ1) is 7.49. The summed E-state index contributed by atoms with van der Waals surface area (Å²) in [7, 11) is 0. The third-order valence-corrected chi connectivity index (χ3v) is 3.06. The summed E-state index contributed by atoms with van der Waals surface area (Å²) in [6, 6.07) is 0. The van der Waals surface area contributed by atoms with E-state index in [-0.39, 0.29) is 6.54 Å². The number of nitrogens with zero attached hydrogens (tertiary/aromatic N) is 2. The number of amidine groups is 1. The minimum atomic E-state index is -2.29. The minimum absolute atomic E-state index is 0.183. The fourth-order valence-corrected chi connectivity index (χ4v) is 2.14. The van der Waals surface area contributed by atoms with Crippen LogP contribution >= 0.6 is 11.8 Å². The van der Waals surface area contributed by atoms with Crippen LogP contribution in [0.3, 0.4) is 0 Å². The summed E-state index contributed by atoms with van der Waals surface area (Å²) < 4.78 is 24.2. The Kier molecular flexibility index (Phi) is 5.14. The van der Waals surface area contributed by atoms with E-state index in [0.717, 1.165) is 11.8 Å². The highest BCUT2D eigenvalue weighted by Gasteiger charge is 2.21. The first-order valence-corrected chi connectivity index (χ1v) is 5.87. The maximum Gasteiger partial charge on any atom is 0.251 e. The molecule has 1 fully saturated rings. The van der Waals surface area contributed by atoms with Crippen LogP contribution in [0.4, 0.5) is 8.78 Å². The Labute approximate surface area is 98.0 Å². The number of hydrogen-bond acceptors (Lipinski definition) is 4. The van der Waals surface area contributed by atoms with E-state index in [9.17, 15) is 8.78 Å². The van der Waals surface area contributed by atoms with E-state index in [4.69, 9.17) is 10.8 Å². The normalized spacial score (nSPS) is 17.9. The molecular weight excluding hydrogens is 234 g/mol. The molecular formula is C9H16F2N4S. The predicted molar refractivity (Wildman–Crippen MR) is 62.7 cm³/mol. The molecule has 0 amide bonds. The van der Waals surface area contributed by atoms with Crippen molar-refractivity contribution in [3.8, 4) is 0 Å². The quantitative estimate of drug-likeness (QED) is 0.577. The lowest BCUT2D eigenvalue weighted by Gasteiger charge is -2.35. The molecule has 1 aliphatic rings. The molecule has 0 aromatic carbocycles. The molecule has 1 heterocycles. The van der Waals surface area contributed by atoms with Crippen molar-refractivity contribution in [2.75, 3.05) is 32.7 Å². The largest absolute Gasteiger partial charge is 0.349 e. The third kappa shape index (κ3) is 4.44. The Bertz CT molecular complexity index is 264. The van der Waals surface area contributed by atoms with Gasteiger partial charge in [-0.15, -0.1) is 0 Å². The van der Waals surface area contributed by atoms with Crippen LogP contribution in [0.5, 0.6) is 0 Å². The van der Waals surface area contributed by atoms with Crippen molar-refractivity contribution in [1.29, 1.82) is 10.8 Å². The summed E-state index contributed by atoms with van der Waals surface area (Å²) in [5.74, 6) is 0. The summed E-state index contributed by atoms with van der Waals surface area (Å²) in [5, 5.41) is 15.7. The fourth-order valence-electron chi connectivity index (χ4n) is 1.54. The van der Waals surface area contributed by atoms with Crippen LogP contribution in [-0.4, -0.2) is 59.2 Å². The van der Waals surface area contributed by atoms with E-state index in [1.54, 1.807) is 11.8 Å². The Morgan fingerprint density at radius 1 is 1.25 bits per heavy atom. The van der Waals surface area contributed by atoms with E-state index in [1.165, 1.54) is 0 Å². The first-order valence-electron chi connectivity index (χ1n) is 5.06. The van der Waals surface area contributed by atoms with Gasteiger partial charge in [0, 0.05) is 26.2 Å². The summed E-state index contributed by atoms with van der Waals surface area (Å²) in [6.45, 7) is 3.75. The predicted octanol–water partition coefficient (Wildman–Crippen LogP) is 1.53. The molecule has 0 atom stereocenters. The molecule has 1 saturated heterocycles. The minimum Gasteiger partial charge on any atom is -0.349 e. The zero-order chi connectivity index (χ0) is 12.1. The molecule has 92 valence electrons. The van der Waals surface area contributed by atoms with Gasteiger partial charge >= 0.3 is 0 Å². The lowest BCUT2D eigenvalue weighted by atomic mass is 10.3. The maximum absolute atomic E-state index is 12.1. The lowest BCUT2D eigenvalue weighted by molar-refractivity contribution is 0.0701. The van der Waals surface area contributed by atoms with Crippen molar-refractivity contribution in [2.24, 2.45) is 0 Å². The number of hydrogen-bond donors (Lipinski definition) is 2. The van der Waals surface area contributed by atoms with E-state index in [1.807, 2.05) is 4.90 Å². The number of alkyl halides is 2. The number of thioether (sulfide) groups is 1. The second-order valence-electron chi connectivity index (χ2n) is 3.64. The van der Waals surface area contributed by atoms with Crippen molar-refractivity contribution in [3.63, 3.8) is 0 Å². The van der Waals surface area contributed by atoms with Gasteiger partial charge in [-0.3, -0.25) is 15.7 Å². The highest BCUT2D eigenvalue weighted by molar-refractivity contribution is 8.26. The third-order valence-electron chi connectivity index (χ3n) is 2.31. The average molecular weight is 250 g/mol. The van der Waals surface area contributed by atoms with E-state index < -0.39 is 6.43 Å². The smallest absolute Gasteiger partial charge is 0.251 e. The van der Waals surface area contributed by atoms with Gasteiger partial charge in [0.15, 0.2) is 5.17 Å². The molecule has 0 bridgehead atoms. The molecule has 1 rings (SSSR count). The van der Waals surface area contributed by atoms with Gasteiger partial charge in [0.1, 0.15) is 0 Å². The molecule has 0 radical (unpaired) electrons. The molecule has 0 aromatic rings. The zero-order valence-corrected chi connectivity index (χ0v) is 9.99. The van der Waals surface area contributed by atoms with Gasteiger partial charge in [0.2, 0.25) is 0 Å². The van der Waals surface area contributed by atoms with E-state index >= 15 is 0 Å². The molecule has 2 N–H and O–H groups in total. The van der Waals surface area contributed by atoms with Crippen LogP contribution in [0.1, 0.15) is 6.92 Å². The van der Waals surface area contributed by atoms with Gasteiger partial charge in [-0.05, 0) is 18.7 Å². The Hall–Kier alpha value is -0.690. The SMILES string of the molecule is CC(=N)SC(=N)N1CCN(CC(F)F)CC1. The summed E-state index contributed by atoms with van der Waals surface area (Å²) in [4.78, 5) is 3.53. The molecule has 0 unspecified atom stereocenters. The molecule has 7 heteroatoms. The number of piperazine rings is 1. The maximum atomic E-state index is 12.1. The second kappa shape index (κ2) is 6.15. The van der Waals surface area contributed by atoms with Crippen molar-refractivity contribution < 1.29 is 8.78 Å². The van der Waals surface area contributed by atoms with Gasteiger partial charge in [0.05, 0.1) is 11.6 Å². The van der Waals surface area contributed by atoms with Crippen LogP contribution in [0.2, 0.25) is 0 Å². The highest BCUT2D eigenvalue weighted by atomic mass is 32.2. The average Bonchev–Trinajstić information content (AvgIpc) is 2.16. The fraction of sp³-hybridized carbons (Fsp3) is 0.778. The lowest BCUT2D eigenvalue weighted by Crippen LogP contribution is -2.49. The Morgan fingerprint density at radius 2 is 1.81 bits per heavy atom. The monoisotopic (exact) mass is 250 g/mol.